The lowest BCUT2D eigenvalue weighted by Gasteiger charge is -2.37. The second-order valence-electron chi connectivity index (χ2n) is 5.71. The highest BCUT2D eigenvalue weighted by molar-refractivity contribution is 5.83. The van der Waals surface area contributed by atoms with Gasteiger partial charge in [-0.15, -0.1) is 0 Å². The SMILES string of the molecule is CCN(CC)C(=O)CCC1CNC(=O)C2CC(N)CN12. The lowest BCUT2D eigenvalue weighted by atomic mass is 10.0. The summed E-state index contributed by atoms with van der Waals surface area (Å²) in [5, 5.41) is 2.94. The normalized spacial score (nSPS) is 29.9. The molecular formula is C14H26N4O2. The number of nitrogens with two attached hydrogens (primary N) is 1. The molecule has 6 nitrogen and oxygen atoms in total. The number of rotatable bonds is 5. The Balaban J connectivity index is 1.89. The van der Waals surface area contributed by atoms with Gasteiger partial charge in [0.05, 0.1) is 6.04 Å². The zero-order chi connectivity index (χ0) is 14.7. The number of carbonyl (C=O) groups is 2. The Bertz CT molecular complexity index is 370. The van der Waals surface area contributed by atoms with Gasteiger partial charge in [-0.2, -0.15) is 0 Å². The molecule has 0 radical (unpaired) electrons. The monoisotopic (exact) mass is 282 g/mol. The summed E-state index contributed by atoms with van der Waals surface area (Å²) in [5.74, 6) is 0.288. The van der Waals surface area contributed by atoms with Gasteiger partial charge in [-0.25, -0.2) is 0 Å². The van der Waals surface area contributed by atoms with Crippen LogP contribution in [-0.2, 0) is 9.59 Å². The van der Waals surface area contributed by atoms with E-state index in [0.29, 0.717) is 13.0 Å². The van der Waals surface area contributed by atoms with Crippen molar-refractivity contribution in [3.8, 4) is 0 Å². The van der Waals surface area contributed by atoms with Gasteiger partial charge in [0.15, 0.2) is 0 Å². The fourth-order valence-corrected chi connectivity index (χ4v) is 3.30. The first-order valence-electron chi connectivity index (χ1n) is 7.63. The third kappa shape index (κ3) is 3.12. The van der Waals surface area contributed by atoms with E-state index in [2.05, 4.69) is 10.2 Å². The summed E-state index contributed by atoms with van der Waals surface area (Å²) in [5.41, 5.74) is 5.97. The van der Waals surface area contributed by atoms with Crippen LogP contribution in [0.3, 0.4) is 0 Å². The van der Waals surface area contributed by atoms with Gasteiger partial charge in [0, 0.05) is 44.7 Å². The molecule has 20 heavy (non-hydrogen) atoms. The molecule has 2 aliphatic rings. The molecule has 0 aromatic rings. The molecule has 0 bridgehead atoms. The lowest BCUT2D eigenvalue weighted by molar-refractivity contribution is -0.132. The molecule has 2 aliphatic heterocycles. The number of hydrogen-bond donors (Lipinski definition) is 2. The summed E-state index contributed by atoms with van der Waals surface area (Å²) >= 11 is 0. The molecule has 2 rings (SSSR count). The van der Waals surface area contributed by atoms with E-state index in [1.54, 1.807) is 0 Å². The van der Waals surface area contributed by atoms with E-state index in [4.69, 9.17) is 5.73 Å². The van der Waals surface area contributed by atoms with Crippen molar-refractivity contribution in [3.63, 3.8) is 0 Å². The Morgan fingerprint density at radius 3 is 2.80 bits per heavy atom. The minimum Gasteiger partial charge on any atom is -0.353 e. The Labute approximate surface area is 120 Å². The molecule has 3 atom stereocenters. The zero-order valence-electron chi connectivity index (χ0n) is 12.5. The minimum absolute atomic E-state index is 0.0739. The van der Waals surface area contributed by atoms with E-state index in [9.17, 15) is 9.59 Å². The first-order valence-corrected chi connectivity index (χ1v) is 7.63. The van der Waals surface area contributed by atoms with E-state index in [1.165, 1.54) is 0 Å². The van der Waals surface area contributed by atoms with Crippen molar-refractivity contribution in [2.75, 3.05) is 26.2 Å². The molecule has 0 aromatic carbocycles. The highest BCUT2D eigenvalue weighted by atomic mass is 16.2. The van der Waals surface area contributed by atoms with Crippen LogP contribution in [0.15, 0.2) is 0 Å². The zero-order valence-corrected chi connectivity index (χ0v) is 12.5. The average Bonchev–Trinajstić information content (AvgIpc) is 2.82. The van der Waals surface area contributed by atoms with E-state index >= 15 is 0 Å². The Morgan fingerprint density at radius 2 is 2.15 bits per heavy atom. The van der Waals surface area contributed by atoms with Crippen LogP contribution in [0.1, 0.15) is 33.1 Å². The van der Waals surface area contributed by atoms with Gasteiger partial charge in [0.25, 0.3) is 0 Å². The lowest BCUT2D eigenvalue weighted by Crippen LogP contribution is -2.58. The number of nitrogens with zero attached hydrogens (tertiary/aromatic N) is 2. The number of hydrogen-bond acceptors (Lipinski definition) is 4. The molecule has 0 aliphatic carbocycles. The molecule has 2 fully saturated rings. The number of amides is 2. The van der Waals surface area contributed by atoms with Crippen molar-refractivity contribution in [2.24, 2.45) is 5.73 Å². The number of carbonyl (C=O) groups excluding carboxylic acids is 2. The number of nitrogens with one attached hydrogen (secondary N) is 1. The van der Waals surface area contributed by atoms with Crippen LogP contribution in [-0.4, -0.2) is 65.9 Å². The van der Waals surface area contributed by atoms with Gasteiger partial charge in [-0.1, -0.05) is 0 Å². The predicted octanol–water partition coefficient (Wildman–Crippen LogP) is -0.465. The Kier molecular flexibility index (Phi) is 4.99. The summed E-state index contributed by atoms with van der Waals surface area (Å²) in [6.07, 6.45) is 2.06. The highest BCUT2D eigenvalue weighted by Gasteiger charge is 2.42. The fourth-order valence-electron chi connectivity index (χ4n) is 3.30. The van der Waals surface area contributed by atoms with E-state index < -0.39 is 0 Å². The van der Waals surface area contributed by atoms with Gasteiger partial charge in [-0.3, -0.25) is 14.5 Å². The summed E-state index contributed by atoms with van der Waals surface area (Å²) in [6, 6.07) is 0.225. The van der Waals surface area contributed by atoms with E-state index in [1.807, 2.05) is 18.7 Å². The molecule has 2 amide bonds. The predicted molar refractivity (Wildman–Crippen MR) is 77.0 cm³/mol. The molecule has 114 valence electrons. The van der Waals surface area contributed by atoms with Gasteiger partial charge in [0.2, 0.25) is 11.8 Å². The van der Waals surface area contributed by atoms with Gasteiger partial charge >= 0.3 is 0 Å². The van der Waals surface area contributed by atoms with Crippen LogP contribution >= 0.6 is 0 Å². The van der Waals surface area contributed by atoms with Crippen LogP contribution in [0.5, 0.6) is 0 Å². The maximum atomic E-state index is 12.1. The Morgan fingerprint density at radius 1 is 1.45 bits per heavy atom. The smallest absolute Gasteiger partial charge is 0.237 e. The molecule has 0 aromatic heterocycles. The van der Waals surface area contributed by atoms with Gasteiger partial charge < -0.3 is 16.0 Å². The molecule has 6 heteroatoms. The molecule has 0 saturated carbocycles. The topological polar surface area (TPSA) is 78.7 Å². The van der Waals surface area contributed by atoms with Crippen LogP contribution in [0, 0.1) is 0 Å². The maximum absolute atomic E-state index is 12.1. The fraction of sp³-hybridized carbons (Fsp3) is 0.857. The standard InChI is InChI=1S/C14H26N4O2/c1-3-17(4-2)13(19)6-5-11-8-16-14(20)12-7-10(15)9-18(11)12/h10-12H,3-9,15H2,1-2H3,(H,16,20). The van der Waals surface area contributed by atoms with Crippen LogP contribution in [0.2, 0.25) is 0 Å². The van der Waals surface area contributed by atoms with Crippen LogP contribution in [0.25, 0.3) is 0 Å². The largest absolute Gasteiger partial charge is 0.353 e. The molecule has 2 saturated heterocycles. The second-order valence-corrected chi connectivity index (χ2v) is 5.71. The van der Waals surface area contributed by atoms with Crippen molar-refractivity contribution in [1.82, 2.24) is 15.1 Å². The second kappa shape index (κ2) is 6.54. The molecular weight excluding hydrogens is 256 g/mol. The van der Waals surface area contributed by atoms with Crippen molar-refractivity contribution >= 4 is 11.8 Å². The van der Waals surface area contributed by atoms with Gasteiger partial charge in [0.1, 0.15) is 0 Å². The van der Waals surface area contributed by atoms with Crippen molar-refractivity contribution in [3.05, 3.63) is 0 Å². The molecule has 0 spiro atoms. The van der Waals surface area contributed by atoms with Crippen molar-refractivity contribution in [1.29, 1.82) is 0 Å². The maximum Gasteiger partial charge on any atom is 0.237 e. The van der Waals surface area contributed by atoms with Crippen molar-refractivity contribution in [2.45, 2.75) is 51.2 Å². The third-order valence-corrected chi connectivity index (χ3v) is 4.46. The van der Waals surface area contributed by atoms with Crippen LogP contribution < -0.4 is 11.1 Å². The Hall–Kier alpha value is -1.14. The van der Waals surface area contributed by atoms with Crippen molar-refractivity contribution < 1.29 is 9.59 Å². The quantitative estimate of drug-likeness (QED) is 0.715. The molecule has 3 N–H and O–H groups in total. The summed E-state index contributed by atoms with van der Waals surface area (Å²) in [7, 11) is 0. The molecule has 2 heterocycles. The van der Waals surface area contributed by atoms with Gasteiger partial charge in [-0.05, 0) is 26.7 Å². The third-order valence-electron chi connectivity index (χ3n) is 4.46. The summed E-state index contributed by atoms with van der Waals surface area (Å²) in [4.78, 5) is 27.9. The summed E-state index contributed by atoms with van der Waals surface area (Å²) in [6.45, 7) is 6.91. The van der Waals surface area contributed by atoms with E-state index in [-0.39, 0.29) is 29.9 Å². The number of piperazine rings is 1. The first-order chi connectivity index (χ1) is 9.56. The minimum atomic E-state index is -0.0905. The number of fused-ring (bicyclic) bond motifs is 1. The summed E-state index contributed by atoms with van der Waals surface area (Å²) < 4.78 is 0. The van der Waals surface area contributed by atoms with E-state index in [0.717, 1.165) is 32.5 Å². The first kappa shape index (κ1) is 15.3. The highest BCUT2D eigenvalue weighted by Crippen LogP contribution is 2.24. The molecule has 3 unspecified atom stereocenters. The van der Waals surface area contributed by atoms with Crippen LogP contribution in [0.4, 0.5) is 0 Å². The average molecular weight is 282 g/mol.